The fourth-order valence-electron chi connectivity index (χ4n) is 2.56. The number of hydrogen-bond donors (Lipinski definition) is 1. The largest absolute Gasteiger partial charge is 0.325 e. The van der Waals surface area contributed by atoms with E-state index in [1.165, 1.54) is 5.56 Å². The Bertz CT molecular complexity index is 803. The van der Waals surface area contributed by atoms with Crippen molar-refractivity contribution in [1.29, 1.82) is 0 Å². The molecule has 2 heteroatoms. The number of nitrogens with one attached hydrogen (secondary N) is 1. The van der Waals surface area contributed by atoms with Crippen LogP contribution in [0.25, 0.3) is 21.9 Å². The summed E-state index contributed by atoms with van der Waals surface area (Å²) in [5.74, 6) is -0.0558. The Morgan fingerprint density at radius 3 is 2.33 bits per heavy atom. The van der Waals surface area contributed by atoms with E-state index < -0.39 is 0 Å². The first kappa shape index (κ1) is 13.4. The lowest BCUT2D eigenvalue weighted by Gasteiger charge is -2.14. The Morgan fingerprint density at radius 1 is 0.905 bits per heavy atom. The van der Waals surface area contributed by atoms with Gasteiger partial charge in [-0.3, -0.25) is 4.79 Å². The summed E-state index contributed by atoms with van der Waals surface area (Å²) in [5.41, 5.74) is 4.25. The van der Waals surface area contributed by atoms with Crippen molar-refractivity contribution in [3.63, 3.8) is 0 Å². The maximum absolute atomic E-state index is 11.6. The van der Waals surface area contributed by atoms with Crippen molar-refractivity contribution in [3.8, 4) is 11.1 Å². The molecule has 0 radical (unpaired) electrons. The van der Waals surface area contributed by atoms with Gasteiger partial charge in [-0.15, -0.1) is 0 Å². The Balaban J connectivity index is 2.26. The molecule has 3 aromatic carbocycles. The van der Waals surface area contributed by atoms with Crippen LogP contribution in [0.4, 0.5) is 5.69 Å². The zero-order chi connectivity index (χ0) is 14.8. The summed E-state index contributed by atoms with van der Waals surface area (Å²) in [7, 11) is 0. The van der Waals surface area contributed by atoms with Gasteiger partial charge < -0.3 is 5.32 Å². The molecule has 0 aliphatic rings. The highest BCUT2D eigenvalue weighted by atomic mass is 16.1. The Labute approximate surface area is 124 Å². The average molecular weight is 275 g/mol. The van der Waals surface area contributed by atoms with Crippen LogP contribution in [0.15, 0.2) is 60.7 Å². The first-order chi connectivity index (χ1) is 10.1. The van der Waals surface area contributed by atoms with E-state index in [1.54, 1.807) is 6.92 Å². The van der Waals surface area contributed by atoms with Crippen LogP contribution in [0.3, 0.4) is 0 Å². The molecule has 3 rings (SSSR count). The minimum absolute atomic E-state index is 0.0558. The number of rotatable bonds is 2. The standard InChI is InChI=1S/C19H17NO/c1-13-7-9-16(10-8-13)18-12-11-15-5-3-4-6-17(15)19(18)20-14(2)21/h3-12H,1-2H3,(H,20,21). The summed E-state index contributed by atoms with van der Waals surface area (Å²) < 4.78 is 0. The maximum Gasteiger partial charge on any atom is 0.221 e. The lowest BCUT2D eigenvalue weighted by Crippen LogP contribution is -2.07. The first-order valence-electron chi connectivity index (χ1n) is 7.01. The molecule has 0 spiro atoms. The van der Waals surface area contributed by atoms with Crippen molar-refractivity contribution in [2.75, 3.05) is 5.32 Å². The molecule has 3 aromatic rings. The van der Waals surface area contributed by atoms with Gasteiger partial charge in [0.1, 0.15) is 0 Å². The Hall–Kier alpha value is -2.61. The summed E-state index contributed by atoms with van der Waals surface area (Å²) in [6.45, 7) is 3.61. The zero-order valence-corrected chi connectivity index (χ0v) is 12.2. The summed E-state index contributed by atoms with van der Waals surface area (Å²) in [4.78, 5) is 11.6. The smallest absolute Gasteiger partial charge is 0.221 e. The molecule has 0 unspecified atom stereocenters. The molecule has 0 saturated carbocycles. The zero-order valence-electron chi connectivity index (χ0n) is 12.2. The number of benzene rings is 3. The predicted octanol–water partition coefficient (Wildman–Crippen LogP) is 4.77. The average Bonchev–Trinajstić information content (AvgIpc) is 2.48. The first-order valence-corrected chi connectivity index (χ1v) is 7.01. The lowest BCUT2D eigenvalue weighted by atomic mass is 9.97. The molecular formula is C19H17NO. The van der Waals surface area contributed by atoms with Gasteiger partial charge in [0.15, 0.2) is 0 Å². The summed E-state index contributed by atoms with van der Waals surface area (Å²) in [5, 5.41) is 5.17. The fourth-order valence-corrected chi connectivity index (χ4v) is 2.56. The van der Waals surface area contributed by atoms with Crippen molar-refractivity contribution in [3.05, 3.63) is 66.2 Å². The number of hydrogen-bond acceptors (Lipinski definition) is 1. The van der Waals surface area contributed by atoms with Crippen molar-refractivity contribution >= 4 is 22.4 Å². The molecule has 0 atom stereocenters. The summed E-state index contributed by atoms with van der Waals surface area (Å²) in [6, 6.07) is 20.6. The second kappa shape index (κ2) is 5.41. The number of fused-ring (bicyclic) bond motifs is 1. The second-order valence-electron chi connectivity index (χ2n) is 5.26. The Kier molecular flexibility index (Phi) is 3.44. The summed E-state index contributed by atoms with van der Waals surface area (Å²) in [6.07, 6.45) is 0. The number of carbonyl (C=O) groups is 1. The molecule has 0 aromatic heterocycles. The van der Waals surface area contributed by atoms with Crippen molar-refractivity contribution in [2.24, 2.45) is 0 Å². The normalized spacial score (nSPS) is 10.6. The highest BCUT2D eigenvalue weighted by Gasteiger charge is 2.10. The number of anilines is 1. The molecule has 0 aliphatic heterocycles. The molecule has 0 fully saturated rings. The van der Waals surface area contributed by atoms with E-state index >= 15 is 0 Å². The van der Waals surface area contributed by atoms with Gasteiger partial charge >= 0.3 is 0 Å². The minimum atomic E-state index is -0.0558. The predicted molar refractivity (Wildman–Crippen MR) is 88.4 cm³/mol. The van der Waals surface area contributed by atoms with Gasteiger partial charge in [-0.05, 0) is 17.9 Å². The molecule has 0 saturated heterocycles. The molecule has 0 aliphatic carbocycles. The highest BCUT2D eigenvalue weighted by Crippen LogP contribution is 2.34. The SMILES string of the molecule is CC(=O)Nc1c(-c2ccc(C)cc2)ccc2ccccc12. The van der Waals surface area contributed by atoms with Gasteiger partial charge in [-0.25, -0.2) is 0 Å². The monoisotopic (exact) mass is 275 g/mol. The van der Waals surface area contributed by atoms with Gasteiger partial charge in [-0.2, -0.15) is 0 Å². The van der Waals surface area contributed by atoms with E-state index in [0.29, 0.717) is 0 Å². The van der Waals surface area contributed by atoms with Gasteiger partial charge in [0.25, 0.3) is 0 Å². The van der Waals surface area contributed by atoms with Crippen LogP contribution in [-0.2, 0) is 4.79 Å². The van der Waals surface area contributed by atoms with Gasteiger partial charge in [0.05, 0.1) is 5.69 Å². The van der Waals surface area contributed by atoms with Crippen LogP contribution in [0.1, 0.15) is 12.5 Å². The number of aryl methyl sites for hydroxylation is 1. The van der Waals surface area contributed by atoms with Gasteiger partial charge in [-0.1, -0.05) is 66.2 Å². The topological polar surface area (TPSA) is 29.1 Å². The molecule has 0 bridgehead atoms. The number of amides is 1. The third-order valence-corrected chi connectivity index (χ3v) is 3.59. The Morgan fingerprint density at radius 2 is 1.62 bits per heavy atom. The van der Waals surface area contributed by atoms with E-state index in [1.807, 2.05) is 18.2 Å². The second-order valence-corrected chi connectivity index (χ2v) is 5.26. The molecule has 1 N–H and O–H groups in total. The van der Waals surface area contributed by atoms with Crippen molar-refractivity contribution < 1.29 is 4.79 Å². The molecule has 21 heavy (non-hydrogen) atoms. The van der Waals surface area contributed by atoms with Crippen LogP contribution in [-0.4, -0.2) is 5.91 Å². The van der Waals surface area contributed by atoms with Crippen LogP contribution in [0, 0.1) is 6.92 Å². The van der Waals surface area contributed by atoms with E-state index in [4.69, 9.17) is 0 Å². The molecule has 104 valence electrons. The fraction of sp³-hybridized carbons (Fsp3) is 0.105. The maximum atomic E-state index is 11.6. The minimum Gasteiger partial charge on any atom is -0.325 e. The van der Waals surface area contributed by atoms with Crippen LogP contribution >= 0.6 is 0 Å². The molecule has 1 amide bonds. The quantitative estimate of drug-likeness (QED) is 0.717. The van der Waals surface area contributed by atoms with Gasteiger partial charge in [0.2, 0.25) is 5.91 Å². The van der Waals surface area contributed by atoms with E-state index in [2.05, 4.69) is 54.7 Å². The number of carbonyl (C=O) groups excluding carboxylic acids is 1. The van der Waals surface area contributed by atoms with Crippen molar-refractivity contribution in [2.45, 2.75) is 13.8 Å². The van der Waals surface area contributed by atoms with Gasteiger partial charge in [0, 0.05) is 17.9 Å². The molecule has 0 heterocycles. The van der Waals surface area contributed by atoms with Crippen molar-refractivity contribution in [1.82, 2.24) is 0 Å². The van der Waals surface area contributed by atoms with E-state index in [0.717, 1.165) is 27.6 Å². The third kappa shape index (κ3) is 2.65. The van der Waals surface area contributed by atoms with Crippen LogP contribution in [0.2, 0.25) is 0 Å². The lowest BCUT2D eigenvalue weighted by molar-refractivity contribution is -0.114. The highest BCUT2D eigenvalue weighted by molar-refractivity contribution is 6.07. The van der Waals surface area contributed by atoms with E-state index in [-0.39, 0.29) is 5.91 Å². The molecular weight excluding hydrogens is 258 g/mol. The molecule has 2 nitrogen and oxygen atoms in total. The summed E-state index contributed by atoms with van der Waals surface area (Å²) >= 11 is 0. The van der Waals surface area contributed by atoms with E-state index in [9.17, 15) is 4.79 Å². The van der Waals surface area contributed by atoms with Crippen LogP contribution in [0.5, 0.6) is 0 Å². The third-order valence-electron chi connectivity index (χ3n) is 3.59. The van der Waals surface area contributed by atoms with Crippen LogP contribution < -0.4 is 5.32 Å².